The van der Waals surface area contributed by atoms with Crippen LogP contribution in [0.5, 0.6) is 5.75 Å². The summed E-state index contributed by atoms with van der Waals surface area (Å²) in [4.78, 5) is 3.38. The van der Waals surface area contributed by atoms with Gasteiger partial charge in [-0.05, 0) is 42.3 Å². The van der Waals surface area contributed by atoms with E-state index in [1.54, 1.807) is 18.2 Å². The maximum Gasteiger partial charge on any atom is 0.123 e. The molecular formula is C17H14BrFN2O. The second kappa shape index (κ2) is 5.11. The molecule has 0 radical (unpaired) electrons. The van der Waals surface area contributed by atoms with E-state index in [9.17, 15) is 9.50 Å². The zero-order valence-corrected chi connectivity index (χ0v) is 13.2. The van der Waals surface area contributed by atoms with E-state index in [2.05, 4.69) is 26.2 Å². The predicted octanol–water partition coefficient (Wildman–Crippen LogP) is 4.01. The normalized spacial score (nSPS) is 17.6. The van der Waals surface area contributed by atoms with Gasteiger partial charge >= 0.3 is 0 Å². The number of nitrogens with one attached hydrogen (secondary N) is 2. The summed E-state index contributed by atoms with van der Waals surface area (Å²) in [6.07, 6.45) is 0.840. The first kappa shape index (κ1) is 13.8. The van der Waals surface area contributed by atoms with E-state index >= 15 is 0 Å². The van der Waals surface area contributed by atoms with Gasteiger partial charge in [0.2, 0.25) is 0 Å². The lowest BCUT2D eigenvalue weighted by molar-refractivity contribution is 0.452. The Bertz CT molecular complexity index is 874. The molecule has 4 rings (SSSR count). The quantitative estimate of drug-likeness (QED) is 0.613. The molecule has 2 heterocycles. The Morgan fingerprint density at radius 1 is 1.18 bits per heavy atom. The average molecular weight is 361 g/mol. The maximum atomic E-state index is 13.5. The molecule has 1 aliphatic heterocycles. The molecule has 0 saturated heterocycles. The first-order valence-corrected chi connectivity index (χ1v) is 7.94. The van der Waals surface area contributed by atoms with Crippen LogP contribution in [-0.4, -0.2) is 16.6 Å². The van der Waals surface area contributed by atoms with Crippen molar-refractivity contribution < 1.29 is 9.50 Å². The Morgan fingerprint density at radius 3 is 2.86 bits per heavy atom. The van der Waals surface area contributed by atoms with Gasteiger partial charge in [-0.25, -0.2) is 4.39 Å². The van der Waals surface area contributed by atoms with E-state index in [4.69, 9.17) is 0 Å². The molecular weight excluding hydrogens is 347 g/mol. The highest BCUT2D eigenvalue weighted by molar-refractivity contribution is 9.10. The van der Waals surface area contributed by atoms with E-state index < -0.39 is 0 Å². The molecule has 3 nitrogen and oxygen atoms in total. The highest BCUT2D eigenvalue weighted by atomic mass is 79.9. The largest absolute Gasteiger partial charge is 0.508 e. The molecule has 5 heteroatoms. The number of phenols is 1. The number of benzene rings is 2. The van der Waals surface area contributed by atoms with Crippen LogP contribution >= 0.6 is 15.9 Å². The topological polar surface area (TPSA) is 48.0 Å². The molecule has 3 aromatic rings. The van der Waals surface area contributed by atoms with E-state index in [-0.39, 0.29) is 17.6 Å². The summed E-state index contributed by atoms with van der Waals surface area (Å²) in [5, 5.41) is 14.6. The molecule has 1 aliphatic rings. The van der Waals surface area contributed by atoms with Crippen molar-refractivity contribution in [1.29, 1.82) is 0 Å². The third-order valence-corrected chi connectivity index (χ3v) is 4.71. The third-order valence-electron chi connectivity index (χ3n) is 4.22. The monoisotopic (exact) mass is 360 g/mol. The van der Waals surface area contributed by atoms with Crippen molar-refractivity contribution in [3.8, 4) is 5.75 Å². The zero-order chi connectivity index (χ0) is 15.3. The van der Waals surface area contributed by atoms with Gasteiger partial charge in [0.1, 0.15) is 11.6 Å². The highest BCUT2D eigenvalue weighted by Crippen LogP contribution is 2.37. The standard InChI is InChI=1S/C17H14BrFN2O/c18-9-1-3-12(15(22)7-9)16-17-11(5-6-20-16)13-8-10(19)2-4-14(13)21-17/h1-4,7-8,16,20-22H,5-6H2. The number of phenolic OH excluding ortho intramolecular Hbond substituents is 1. The SMILES string of the molecule is Oc1cc(Br)ccc1C1NCCc2c1[nH]c1ccc(F)cc21. The highest BCUT2D eigenvalue weighted by Gasteiger charge is 2.27. The minimum atomic E-state index is -0.226. The summed E-state index contributed by atoms with van der Waals surface area (Å²) < 4.78 is 14.4. The molecule has 2 aromatic carbocycles. The van der Waals surface area contributed by atoms with Gasteiger partial charge in [0.05, 0.1) is 6.04 Å². The van der Waals surface area contributed by atoms with Crippen LogP contribution in [-0.2, 0) is 6.42 Å². The average Bonchev–Trinajstić information content (AvgIpc) is 2.85. The number of halogens is 2. The van der Waals surface area contributed by atoms with Gasteiger partial charge in [-0.2, -0.15) is 0 Å². The van der Waals surface area contributed by atoms with Gasteiger partial charge < -0.3 is 15.4 Å². The second-order valence-electron chi connectivity index (χ2n) is 5.55. The van der Waals surface area contributed by atoms with Crippen LogP contribution in [0.4, 0.5) is 4.39 Å². The first-order valence-electron chi connectivity index (χ1n) is 7.15. The fourth-order valence-electron chi connectivity index (χ4n) is 3.23. The van der Waals surface area contributed by atoms with E-state index in [1.165, 1.54) is 6.07 Å². The first-order chi connectivity index (χ1) is 10.6. The Labute approximate surface area is 135 Å². The van der Waals surface area contributed by atoms with Crippen molar-refractivity contribution in [2.24, 2.45) is 0 Å². The number of H-pyrrole nitrogens is 1. The predicted molar refractivity (Wildman–Crippen MR) is 87.6 cm³/mol. The lowest BCUT2D eigenvalue weighted by atomic mass is 9.94. The molecule has 0 bridgehead atoms. The number of aromatic amines is 1. The van der Waals surface area contributed by atoms with Crippen molar-refractivity contribution in [2.75, 3.05) is 6.54 Å². The van der Waals surface area contributed by atoms with Gasteiger partial charge in [0.15, 0.2) is 0 Å². The van der Waals surface area contributed by atoms with Crippen molar-refractivity contribution in [3.63, 3.8) is 0 Å². The molecule has 0 fully saturated rings. The van der Waals surface area contributed by atoms with Gasteiger partial charge in [-0.3, -0.25) is 0 Å². The zero-order valence-electron chi connectivity index (χ0n) is 11.7. The Hall–Kier alpha value is -1.85. The third kappa shape index (κ3) is 2.12. The number of hydrogen-bond acceptors (Lipinski definition) is 2. The Balaban J connectivity index is 1.90. The molecule has 1 aromatic heterocycles. The molecule has 0 saturated carbocycles. The minimum absolute atomic E-state index is 0.118. The summed E-state index contributed by atoms with van der Waals surface area (Å²) in [5.41, 5.74) is 3.87. The van der Waals surface area contributed by atoms with Crippen LogP contribution in [0.3, 0.4) is 0 Å². The second-order valence-corrected chi connectivity index (χ2v) is 6.46. The lowest BCUT2D eigenvalue weighted by Crippen LogP contribution is -2.30. The Morgan fingerprint density at radius 2 is 2.05 bits per heavy atom. The number of hydrogen-bond donors (Lipinski definition) is 3. The summed E-state index contributed by atoms with van der Waals surface area (Å²) >= 11 is 3.36. The number of aromatic hydroxyl groups is 1. The van der Waals surface area contributed by atoms with Gasteiger partial charge in [0.25, 0.3) is 0 Å². The summed E-state index contributed by atoms with van der Waals surface area (Å²) in [6, 6.07) is 10.2. The van der Waals surface area contributed by atoms with Crippen LogP contribution in [0.1, 0.15) is 22.9 Å². The summed E-state index contributed by atoms with van der Waals surface area (Å²) in [5.74, 6) is 0.0143. The van der Waals surface area contributed by atoms with Gasteiger partial charge in [-0.1, -0.05) is 22.0 Å². The van der Waals surface area contributed by atoms with Crippen LogP contribution in [0.2, 0.25) is 0 Å². The molecule has 1 unspecified atom stereocenters. The van der Waals surface area contributed by atoms with Crippen LogP contribution in [0.25, 0.3) is 10.9 Å². The van der Waals surface area contributed by atoms with E-state index in [1.807, 2.05) is 12.1 Å². The van der Waals surface area contributed by atoms with E-state index in [0.717, 1.165) is 45.2 Å². The van der Waals surface area contributed by atoms with Crippen molar-refractivity contribution in [2.45, 2.75) is 12.5 Å². The molecule has 22 heavy (non-hydrogen) atoms. The number of fused-ring (bicyclic) bond motifs is 3. The molecule has 3 N–H and O–H groups in total. The molecule has 0 spiro atoms. The summed E-state index contributed by atoms with van der Waals surface area (Å²) in [6.45, 7) is 0.788. The number of aromatic nitrogens is 1. The lowest BCUT2D eigenvalue weighted by Gasteiger charge is -2.25. The van der Waals surface area contributed by atoms with Crippen LogP contribution in [0, 0.1) is 5.82 Å². The van der Waals surface area contributed by atoms with Crippen molar-refractivity contribution >= 4 is 26.8 Å². The Kier molecular flexibility index (Phi) is 3.20. The fourth-order valence-corrected chi connectivity index (χ4v) is 3.58. The maximum absolute atomic E-state index is 13.5. The van der Waals surface area contributed by atoms with Gasteiger partial charge in [0, 0.05) is 33.2 Å². The van der Waals surface area contributed by atoms with Crippen LogP contribution < -0.4 is 5.32 Å². The molecule has 1 atom stereocenters. The van der Waals surface area contributed by atoms with Crippen molar-refractivity contribution in [1.82, 2.24) is 10.3 Å². The molecule has 0 amide bonds. The van der Waals surface area contributed by atoms with Gasteiger partial charge in [-0.15, -0.1) is 0 Å². The fraction of sp³-hybridized carbons (Fsp3) is 0.176. The number of rotatable bonds is 1. The molecule has 112 valence electrons. The minimum Gasteiger partial charge on any atom is -0.508 e. The summed E-state index contributed by atoms with van der Waals surface area (Å²) in [7, 11) is 0. The van der Waals surface area contributed by atoms with E-state index in [0.29, 0.717) is 0 Å². The molecule has 0 aliphatic carbocycles. The smallest absolute Gasteiger partial charge is 0.123 e. The van der Waals surface area contributed by atoms with Crippen LogP contribution in [0.15, 0.2) is 40.9 Å². The van der Waals surface area contributed by atoms with Crippen molar-refractivity contribution in [3.05, 3.63) is 63.5 Å².